The predicted molar refractivity (Wildman–Crippen MR) is 98.2 cm³/mol. The van der Waals surface area contributed by atoms with E-state index in [0.717, 1.165) is 36.1 Å². The first-order valence-electron chi connectivity index (χ1n) is 8.27. The molecular weight excluding hydrogens is 298 g/mol. The second kappa shape index (κ2) is 4.97. The molecule has 2 aromatic rings. The van der Waals surface area contributed by atoms with Gasteiger partial charge in [-0.05, 0) is 26.3 Å². The molecule has 0 amide bonds. The minimum atomic E-state index is -0.105. The molecule has 0 fully saturated rings. The van der Waals surface area contributed by atoms with Crippen molar-refractivity contribution in [3.05, 3.63) is 53.7 Å². The Hall–Kier alpha value is -2.56. The van der Waals surface area contributed by atoms with E-state index < -0.39 is 0 Å². The summed E-state index contributed by atoms with van der Waals surface area (Å²) in [5, 5.41) is 4.84. The van der Waals surface area contributed by atoms with Crippen LogP contribution in [0.15, 0.2) is 42.0 Å². The van der Waals surface area contributed by atoms with Gasteiger partial charge in [0.05, 0.1) is 24.2 Å². The summed E-state index contributed by atoms with van der Waals surface area (Å²) in [5.74, 6) is 1.91. The lowest BCUT2D eigenvalue weighted by molar-refractivity contribution is 0.562. The van der Waals surface area contributed by atoms with Crippen molar-refractivity contribution in [3.63, 3.8) is 0 Å². The summed E-state index contributed by atoms with van der Waals surface area (Å²) < 4.78 is 2.00. The average Bonchev–Trinajstić information content (AvgIpc) is 3.08. The van der Waals surface area contributed by atoms with E-state index in [2.05, 4.69) is 67.6 Å². The highest BCUT2D eigenvalue weighted by molar-refractivity contribution is 6.07. The number of nitrogens with zero attached hydrogens (tertiary/aromatic N) is 5. The molecule has 2 aliphatic heterocycles. The maximum Gasteiger partial charge on any atom is 0.207 e. The molecule has 24 heavy (non-hydrogen) atoms. The molecular formula is C19H23N5. The molecule has 1 aromatic carbocycles. The summed E-state index contributed by atoms with van der Waals surface area (Å²) in [6.07, 6.45) is 2.09. The van der Waals surface area contributed by atoms with Crippen molar-refractivity contribution >= 4 is 17.5 Å². The number of aromatic nitrogens is 2. The fourth-order valence-electron chi connectivity index (χ4n) is 3.33. The van der Waals surface area contributed by atoms with Gasteiger partial charge in [-0.15, -0.1) is 0 Å². The standard InChI is InChI=1S/C19H23N5/c1-13-6-8-15(9-7-13)10-23-11-16-14(2)22(5)18-20-19(3,4)12-24(18)17(16)21-23/h6-9,11H,2,10,12H2,1,3-5H3. The highest BCUT2D eigenvalue weighted by Crippen LogP contribution is 2.38. The highest BCUT2D eigenvalue weighted by Gasteiger charge is 2.40. The van der Waals surface area contributed by atoms with Crippen LogP contribution in [0.1, 0.15) is 30.5 Å². The van der Waals surface area contributed by atoms with Crippen LogP contribution in [0.3, 0.4) is 0 Å². The number of rotatable bonds is 2. The molecule has 4 rings (SSSR count). The third-order valence-electron chi connectivity index (χ3n) is 4.67. The summed E-state index contributed by atoms with van der Waals surface area (Å²) >= 11 is 0. The Morgan fingerprint density at radius 1 is 1.21 bits per heavy atom. The summed E-state index contributed by atoms with van der Waals surface area (Å²) in [6, 6.07) is 8.59. The zero-order chi connectivity index (χ0) is 17.1. The molecule has 5 heteroatoms. The van der Waals surface area contributed by atoms with Crippen LogP contribution in [0, 0.1) is 6.92 Å². The van der Waals surface area contributed by atoms with E-state index in [0.29, 0.717) is 0 Å². The SMILES string of the molecule is C=C1c2cn(Cc3ccc(C)cc3)nc2N2CC(C)(C)N=C2N1C. The van der Waals surface area contributed by atoms with Crippen LogP contribution in [-0.2, 0) is 6.54 Å². The van der Waals surface area contributed by atoms with Crippen LogP contribution >= 0.6 is 0 Å². The largest absolute Gasteiger partial charge is 0.315 e. The number of benzene rings is 1. The first-order valence-corrected chi connectivity index (χ1v) is 8.27. The van der Waals surface area contributed by atoms with Crippen molar-refractivity contribution in [3.8, 4) is 0 Å². The van der Waals surface area contributed by atoms with Gasteiger partial charge in [-0.25, -0.2) is 4.99 Å². The first kappa shape index (κ1) is 15.0. The zero-order valence-corrected chi connectivity index (χ0v) is 14.7. The number of aliphatic imine (C=N–C) groups is 1. The van der Waals surface area contributed by atoms with Gasteiger partial charge in [0.15, 0.2) is 5.82 Å². The first-order chi connectivity index (χ1) is 11.3. The van der Waals surface area contributed by atoms with E-state index in [4.69, 9.17) is 10.1 Å². The number of guanidine groups is 1. The predicted octanol–water partition coefficient (Wildman–Crippen LogP) is 3.11. The van der Waals surface area contributed by atoms with Crippen LogP contribution in [0.2, 0.25) is 0 Å². The average molecular weight is 321 g/mol. The molecule has 0 saturated carbocycles. The second-order valence-corrected chi connectivity index (χ2v) is 7.37. The van der Waals surface area contributed by atoms with Gasteiger partial charge in [-0.1, -0.05) is 36.4 Å². The van der Waals surface area contributed by atoms with Gasteiger partial charge < -0.3 is 4.90 Å². The normalized spacial score (nSPS) is 18.5. The molecule has 3 heterocycles. The fraction of sp³-hybridized carbons (Fsp3) is 0.368. The molecule has 0 atom stereocenters. The summed E-state index contributed by atoms with van der Waals surface area (Å²) in [6.45, 7) is 12.2. The molecule has 0 bridgehead atoms. The molecule has 0 aliphatic carbocycles. The van der Waals surface area contributed by atoms with Crippen LogP contribution in [0.25, 0.3) is 5.70 Å². The van der Waals surface area contributed by atoms with Crippen molar-refractivity contribution < 1.29 is 0 Å². The van der Waals surface area contributed by atoms with Crippen molar-refractivity contribution in [2.45, 2.75) is 32.9 Å². The maximum atomic E-state index is 4.84. The van der Waals surface area contributed by atoms with E-state index >= 15 is 0 Å². The van der Waals surface area contributed by atoms with Gasteiger partial charge in [0, 0.05) is 18.9 Å². The zero-order valence-electron chi connectivity index (χ0n) is 14.7. The number of anilines is 1. The lowest BCUT2D eigenvalue weighted by atomic mass is 10.1. The Morgan fingerprint density at radius 3 is 2.62 bits per heavy atom. The lowest BCUT2D eigenvalue weighted by Crippen LogP contribution is -2.43. The number of fused-ring (bicyclic) bond motifs is 3. The Bertz CT molecular complexity index is 841. The summed E-state index contributed by atoms with van der Waals surface area (Å²) in [7, 11) is 2.02. The van der Waals surface area contributed by atoms with Gasteiger partial charge in [-0.3, -0.25) is 9.58 Å². The topological polar surface area (TPSA) is 36.7 Å². The quantitative estimate of drug-likeness (QED) is 0.853. The maximum absolute atomic E-state index is 4.84. The Labute approximate surface area is 142 Å². The van der Waals surface area contributed by atoms with Crippen LogP contribution in [0.4, 0.5) is 5.82 Å². The molecule has 0 N–H and O–H groups in total. The highest BCUT2D eigenvalue weighted by atomic mass is 15.5. The van der Waals surface area contributed by atoms with Crippen LogP contribution in [-0.4, -0.2) is 39.8 Å². The van der Waals surface area contributed by atoms with E-state index in [1.54, 1.807) is 0 Å². The molecule has 1 aromatic heterocycles. The summed E-state index contributed by atoms with van der Waals surface area (Å²) in [5.41, 5.74) is 4.45. The number of hydrogen-bond acceptors (Lipinski definition) is 4. The third-order valence-corrected chi connectivity index (χ3v) is 4.67. The monoisotopic (exact) mass is 321 g/mol. The third kappa shape index (κ3) is 2.31. The van der Waals surface area contributed by atoms with Crippen LogP contribution in [0.5, 0.6) is 0 Å². The second-order valence-electron chi connectivity index (χ2n) is 7.37. The Kier molecular flexibility index (Phi) is 3.10. The Balaban J connectivity index is 1.70. The minimum Gasteiger partial charge on any atom is -0.315 e. The van der Waals surface area contributed by atoms with Crippen molar-refractivity contribution in [1.82, 2.24) is 14.7 Å². The molecule has 0 spiro atoms. The molecule has 2 aliphatic rings. The van der Waals surface area contributed by atoms with Crippen molar-refractivity contribution in [2.24, 2.45) is 4.99 Å². The van der Waals surface area contributed by atoms with Gasteiger partial charge in [0.1, 0.15) is 0 Å². The van der Waals surface area contributed by atoms with Crippen molar-refractivity contribution in [1.29, 1.82) is 0 Å². The van der Waals surface area contributed by atoms with Crippen LogP contribution < -0.4 is 4.90 Å². The van der Waals surface area contributed by atoms with E-state index in [9.17, 15) is 0 Å². The Morgan fingerprint density at radius 2 is 1.92 bits per heavy atom. The van der Waals surface area contributed by atoms with E-state index in [1.807, 2.05) is 11.7 Å². The summed E-state index contributed by atoms with van der Waals surface area (Å²) in [4.78, 5) is 9.10. The van der Waals surface area contributed by atoms with Gasteiger partial charge in [-0.2, -0.15) is 5.10 Å². The smallest absolute Gasteiger partial charge is 0.207 e. The van der Waals surface area contributed by atoms with E-state index in [1.165, 1.54) is 11.1 Å². The minimum absolute atomic E-state index is 0.105. The fourth-order valence-corrected chi connectivity index (χ4v) is 3.33. The molecule has 0 radical (unpaired) electrons. The van der Waals surface area contributed by atoms with Gasteiger partial charge in [0.2, 0.25) is 5.96 Å². The molecule has 0 saturated heterocycles. The number of aryl methyl sites for hydroxylation is 1. The van der Waals surface area contributed by atoms with E-state index in [-0.39, 0.29) is 5.54 Å². The molecule has 124 valence electrons. The molecule has 0 unspecified atom stereocenters. The van der Waals surface area contributed by atoms with Crippen molar-refractivity contribution in [2.75, 3.05) is 18.5 Å². The number of hydrogen-bond donors (Lipinski definition) is 0. The molecule has 5 nitrogen and oxygen atoms in total. The van der Waals surface area contributed by atoms with Gasteiger partial charge >= 0.3 is 0 Å². The lowest BCUT2D eigenvalue weighted by Gasteiger charge is -2.33. The van der Waals surface area contributed by atoms with Gasteiger partial charge in [0.25, 0.3) is 0 Å².